The van der Waals surface area contributed by atoms with E-state index in [4.69, 9.17) is 5.11 Å². The normalized spacial score (nSPS) is 10.9. The van der Waals surface area contributed by atoms with E-state index in [9.17, 15) is 0 Å². The number of hydrogen-bond acceptors (Lipinski definition) is 3. The van der Waals surface area contributed by atoms with Crippen molar-refractivity contribution < 1.29 is 5.11 Å². The first-order valence-corrected chi connectivity index (χ1v) is 5.38. The molecule has 15 heavy (non-hydrogen) atoms. The highest BCUT2D eigenvalue weighted by Gasteiger charge is 2.03. The minimum absolute atomic E-state index is 0.219. The van der Waals surface area contributed by atoms with E-state index in [0.29, 0.717) is 0 Å². The molecule has 0 aliphatic rings. The van der Waals surface area contributed by atoms with Gasteiger partial charge in [-0.3, -0.25) is 4.90 Å². The smallest absolute Gasteiger partial charge is 0.0558 e. The molecule has 0 spiro atoms. The molecule has 0 saturated carbocycles. The molecule has 0 aliphatic heterocycles. The first-order valence-electron chi connectivity index (χ1n) is 5.38. The largest absolute Gasteiger partial charge is 0.395 e. The van der Waals surface area contributed by atoms with Gasteiger partial charge in [-0.2, -0.15) is 0 Å². The molecule has 0 amide bonds. The van der Waals surface area contributed by atoms with Gasteiger partial charge in [0.15, 0.2) is 0 Å². The van der Waals surface area contributed by atoms with Crippen molar-refractivity contribution in [2.45, 2.75) is 6.54 Å². The van der Waals surface area contributed by atoms with Crippen molar-refractivity contribution in [2.75, 3.05) is 33.3 Å². The van der Waals surface area contributed by atoms with E-state index in [1.54, 1.807) is 0 Å². The fraction of sp³-hybridized carbons (Fsp3) is 0.500. The van der Waals surface area contributed by atoms with Crippen LogP contribution in [0.25, 0.3) is 0 Å². The molecule has 2 N–H and O–H groups in total. The van der Waals surface area contributed by atoms with Crippen LogP contribution in [0.4, 0.5) is 0 Å². The van der Waals surface area contributed by atoms with Gasteiger partial charge >= 0.3 is 0 Å². The third-order valence-electron chi connectivity index (χ3n) is 2.34. The van der Waals surface area contributed by atoms with E-state index in [1.807, 2.05) is 25.2 Å². The van der Waals surface area contributed by atoms with Crippen molar-refractivity contribution in [3.8, 4) is 0 Å². The number of nitrogens with one attached hydrogen (secondary N) is 1. The third-order valence-corrected chi connectivity index (χ3v) is 2.34. The van der Waals surface area contributed by atoms with Crippen LogP contribution in [-0.4, -0.2) is 43.3 Å². The lowest BCUT2D eigenvalue weighted by Gasteiger charge is -2.21. The standard InChI is InChI=1S/C12H20N2O/c1-13-7-8-14(9-10-15)11-12-5-3-2-4-6-12/h2-6,13,15H,7-11H2,1H3. The number of aliphatic hydroxyl groups is 1. The molecule has 1 rings (SSSR count). The Kier molecular flexibility index (Phi) is 6.00. The van der Waals surface area contributed by atoms with Gasteiger partial charge in [-0.15, -0.1) is 0 Å². The maximum absolute atomic E-state index is 8.95. The summed E-state index contributed by atoms with van der Waals surface area (Å²) in [5.41, 5.74) is 1.29. The number of rotatable bonds is 7. The van der Waals surface area contributed by atoms with Crippen LogP contribution in [-0.2, 0) is 6.54 Å². The molecule has 0 heterocycles. The summed E-state index contributed by atoms with van der Waals surface area (Å²) in [6, 6.07) is 10.3. The highest BCUT2D eigenvalue weighted by Crippen LogP contribution is 2.03. The first kappa shape index (κ1) is 12.2. The molecule has 0 bridgehead atoms. The highest BCUT2D eigenvalue weighted by atomic mass is 16.3. The zero-order valence-electron chi connectivity index (χ0n) is 9.32. The molecule has 0 saturated heterocycles. The Hall–Kier alpha value is -0.900. The minimum Gasteiger partial charge on any atom is -0.395 e. The van der Waals surface area contributed by atoms with Gasteiger partial charge in [0.05, 0.1) is 6.61 Å². The minimum atomic E-state index is 0.219. The molecule has 84 valence electrons. The first-order chi connectivity index (χ1) is 7.36. The molecule has 0 atom stereocenters. The number of likely N-dealkylation sites (N-methyl/N-ethyl adjacent to an activating group) is 1. The summed E-state index contributed by atoms with van der Waals surface area (Å²) >= 11 is 0. The number of nitrogens with zero attached hydrogens (tertiary/aromatic N) is 1. The van der Waals surface area contributed by atoms with Crippen molar-refractivity contribution in [3.05, 3.63) is 35.9 Å². The van der Waals surface area contributed by atoms with Crippen LogP contribution >= 0.6 is 0 Å². The fourth-order valence-corrected chi connectivity index (χ4v) is 1.52. The monoisotopic (exact) mass is 208 g/mol. The molecular formula is C12H20N2O. The van der Waals surface area contributed by atoms with Gasteiger partial charge in [-0.05, 0) is 12.6 Å². The summed E-state index contributed by atoms with van der Waals surface area (Å²) in [6.45, 7) is 3.77. The summed E-state index contributed by atoms with van der Waals surface area (Å²) in [5.74, 6) is 0. The Balaban J connectivity index is 2.43. The molecule has 1 aromatic rings. The molecular weight excluding hydrogens is 188 g/mol. The van der Waals surface area contributed by atoms with Crippen molar-refractivity contribution in [1.29, 1.82) is 0 Å². The Bertz CT molecular complexity index is 251. The maximum Gasteiger partial charge on any atom is 0.0558 e. The van der Waals surface area contributed by atoms with Crippen molar-refractivity contribution in [1.82, 2.24) is 10.2 Å². The van der Waals surface area contributed by atoms with Crippen LogP contribution in [0.15, 0.2) is 30.3 Å². The van der Waals surface area contributed by atoms with Gasteiger partial charge < -0.3 is 10.4 Å². The quantitative estimate of drug-likeness (QED) is 0.692. The van der Waals surface area contributed by atoms with Crippen LogP contribution in [0.3, 0.4) is 0 Å². The summed E-state index contributed by atoms with van der Waals surface area (Å²) in [6.07, 6.45) is 0. The fourth-order valence-electron chi connectivity index (χ4n) is 1.52. The third kappa shape index (κ3) is 4.93. The molecule has 3 nitrogen and oxygen atoms in total. The van der Waals surface area contributed by atoms with Gasteiger partial charge in [0.2, 0.25) is 0 Å². The Morgan fingerprint density at radius 1 is 1.20 bits per heavy atom. The second-order valence-corrected chi connectivity index (χ2v) is 3.59. The molecule has 0 radical (unpaired) electrons. The van der Waals surface area contributed by atoms with Crippen LogP contribution in [0.5, 0.6) is 0 Å². The maximum atomic E-state index is 8.95. The average Bonchev–Trinajstić information content (AvgIpc) is 2.28. The van der Waals surface area contributed by atoms with E-state index >= 15 is 0 Å². The van der Waals surface area contributed by atoms with Crippen molar-refractivity contribution in [3.63, 3.8) is 0 Å². The van der Waals surface area contributed by atoms with Crippen molar-refractivity contribution >= 4 is 0 Å². The zero-order chi connectivity index (χ0) is 10.9. The number of aliphatic hydroxyl groups excluding tert-OH is 1. The van der Waals surface area contributed by atoms with Crippen LogP contribution in [0.2, 0.25) is 0 Å². The van der Waals surface area contributed by atoms with Gasteiger partial charge in [0.25, 0.3) is 0 Å². The van der Waals surface area contributed by atoms with Gasteiger partial charge in [-0.25, -0.2) is 0 Å². The van der Waals surface area contributed by atoms with Crippen molar-refractivity contribution in [2.24, 2.45) is 0 Å². The van der Waals surface area contributed by atoms with E-state index in [0.717, 1.165) is 26.2 Å². The molecule has 0 aromatic heterocycles. The van der Waals surface area contributed by atoms with E-state index in [2.05, 4.69) is 22.3 Å². The Morgan fingerprint density at radius 2 is 1.93 bits per heavy atom. The lowest BCUT2D eigenvalue weighted by atomic mass is 10.2. The SMILES string of the molecule is CNCCN(CCO)Cc1ccccc1. The summed E-state index contributed by atoms with van der Waals surface area (Å²) < 4.78 is 0. The Morgan fingerprint density at radius 3 is 2.53 bits per heavy atom. The number of benzene rings is 1. The molecule has 0 aliphatic carbocycles. The topological polar surface area (TPSA) is 35.5 Å². The van der Waals surface area contributed by atoms with E-state index in [1.165, 1.54) is 5.56 Å². The summed E-state index contributed by atoms with van der Waals surface area (Å²) in [4.78, 5) is 2.24. The lowest BCUT2D eigenvalue weighted by Crippen LogP contribution is -2.32. The predicted molar refractivity (Wildman–Crippen MR) is 62.7 cm³/mol. The van der Waals surface area contributed by atoms with E-state index in [-0.39, 0.29) is 6.61 Å². The molecule has 0 fully saturated rings. The van der Waals surface area contributed by atoms with Crippen LogP contribution in [0, 0.1) is 0 Å². The predicted octanol–water partition coefficient (Wildman–Crippen LogP) is 0.700. The van der Waals surface area contributed by atoms with Crippen LogP contribution in [0.1, 0.15) is 5.56 Å². The number of hydrogen-bond donors (Lipinski definition) is 2. The second kappa shape index (κ2) is 7.40. The zero-order valence-corrected chi connectivity index (χ0v) is 9.32. The molecule has 3 heteroatoms. The Labute approximate surface area is 91.7 Å². The van der Waals surface area contributed by atoms with Gasteiger partial charge in [0.1, 0.15) is 0 Å². The lowest BCUT2D eigenvalue weighted by molar-refractivity contribution is 0.191. The van der Waals surface area contributed by atoms with Gasteiger partial charge in [0, 0.05) is 26.2 Å². The van der Waals surface area contributed by atoms with Crippen LogP contribution < -0.4 is 5.32 Å². The summed E-state index contributed by atoms with van der Waals surface area (Å²) in [5, 5.41) is 12.1. The summed E-state index contributed by atoms with van der Waals surface area (Å²) in [7, 11) is 1.94. The second-order valence-electron chi connectivity index (χ2n) is 3.59. The molecule has 1 aromatic carbocycles. The highest BCUT2D eigenvalue weighted by molar-refractivity contribution is 5.14. The molecule has 0 unspecified atom stereocenters. The van der Waals surface area contributed by atoms with Gasteiger partial charge in [-0.1, -0.05) is 30.3 Å². The van der Waals surface area contributed by atoms with E-state index < -0.39 is 0 Å². The average molecular weight is 208 g/mol.